The van der Waals surface area contributed by atoms with E-state index in [2.05, 4.69) is 15.0 Å². The number of amides is 1. The van der Waals surface area contributed by atoms with E-state index in [4.69, 9.17) is 4.74 Å². The van der Waals surface area contributed by atoms with Crippen molar-refractivity contribution >= 4 is 33.4 Å². The van der Waals surface area contributed by atoms with Crippen LogP contribution >= 0.6 is 0 Å². The summed E-state index contributed by atoms with van der Waals surface area (Å²) in [4.78, 5) is 28.1. The molecule has 1 aliphatic heterocycles. The lowest BCUT2D eigenvalue weighted by Gasteiger charge is -2.07. The van der Waals surface area contributed by atoms with Gasteiger partial charge in [0, 0.05) is 24.2 Å². The summed E-state index contributed by atoms with van der Waals surface area (Å²) in [5.74, 6) is -1.14. The van der Waals surface area contributed by atoms with Gasteiger partial charge in [-0.2, -0.15) is 0 Å². The van der Waals surface area contributed by atoms with Gasteiger partial charge in [-0.3, -0.25) is 19.3 Å². The van der Waals surface area contributed by atoms with Crippen LogP contribution in [0, 0.1) is 12.7 Å². The van der Waals surface area contributed by atoms with Crippen molar-refractivity contribution in [1.29, 1.82) is 0 Å². The average Bonchev–Trinajstić information content (AvgIpc) is 3.02. The highest BCUT2D eigenvalue weighted by Crippen LogP contribution is 2.22. The molecule has 0 atom stereocenters. The van der Waals surface area contributed by atoms with Gasteiger partial charge in [-0.15, -0.1) is 0 Å². The van der Waals surface area contributed by atoms with Crippen molar-refractivity contribution in [2.75, 3.05) is 18.5 Å². The third-order valence-corrected chi connectivity index (χ3v) is 6.19. The number of sulfonamides is 1. The van der Waals surface area contributed by atoms with E-state index in [0.717, 1.165) is 0 Å². The number of esters is 1. The standard InChI is InChI=1S/C22H24FN3O5S/c1-15-10-11-16(13-18(15)23)25-20(27)14-31-21(28)9-3-2-6-12-24-22-17-7-4-5-8-19(17)32(29,30)26-22/h4-5,7-8,10-11,13H,2-3,6,9,12,14H2,1H3,(H,24,26)(H,25,27). The molecule has 2 aromatic carbocycles. The summed E-state index contributed by atoms with van der Waals surface area (Å²) in [6, 6.07) is 11.0. The molecule has 8 nitrogen and oxygen atoms in total. The van der Waals surface area contributed by atoms with E-state index in [1.807, 2.05) is 0 Å². The fourth-order valence-electron chi connectivity index (χ4n) is 3.09. The van der Waals surface area contributed by atoms with E-state index in [0.29, 0.717) is 48.5 Å². The second-order valence-electron chi connectivity index (χ2n) is 7.32. The molecule has 0 saturated carbocycles. The van der Waals surface area contributed by atoms with Gasteiger partial charge in [-0.1, -0.05) is 24.6 Å². The lowest BCUT2D eigenvalue weighted by Crippen LogP contribution is -2.22. The van der Waals surface area contributed by atoms with Crippen LogP contribution in [0.1, 0.15) is 36.8 Å². The molecule has 0 aliphatic carbocycles. The van der Waals surface area contributed by atoms with Crippen molar-refractivity contribution in [3.05, 3.63) is 59.4 Å². The Labute approximate surface area is 185 Å². The molecule has 1 heterocycles. The van der Waals surface area contributed by atoms with E-state index in [-0.39, 0.29) is 11.3 Å². The molecular formula is C22H24FN3O5S. The molecule has 0 radical (unpaired) electrons. The Kier molecular flexibility index (Phi) is 7.57. The summed E-state index contributed by atoms with van der Waals surface area (Å²) in [7, 11) is -3.54. The molecule has 1 amide bonds. The predicted molar refractivity (Wildman–Crippen MR) is 117 cm³/mol. The number of hydrogen-bond donors (Lipinski definition) is 2. The van der Waals surface area contributed by atoms with Gasteiger partial charge in [0.1, 0.15) is 11.7 Å². The van der Waals surface area contributed by atoms with Crippen LogP contribution in [0.25, 0.3) is 0 Å². The quantitative estimate of drug-likeness (QED) is 0.440. The topological polar surface area (TPSA) is 114 Å². The molecule has 1 aliphatic rings. The summed E-state index contributed by atoms with van der Waals surface area (Å²) < 4.78 is 44.9. The molecule has 3 rings (SSSR count). The number of nitrogens with one attached hydrogen (secondary N) is 2. The monoisotopic (exact) mass is 461 g/mol. The Morgan fingerprint density at radius 3 is 2.69 bits per heavy atom. The Morgan fingerprint density at radius 2 is 1.91 bits per heavy atom. The largest absolute Gasteiger partial charge is 0.456 e. The number of benzene rings is 2. The molecule has 2 aromatic rings. The van der Waals surface area contributed by atoms with Crippen LogP contribution in [-0.4, -0.2) is 39.3 Å². The second-order valence-corrected chi connectivity index (χ2v) is 8.97. The van der Waals surface area contributed by atoms with Gasteiger partial charge >= 0.3 is 5.97 Å². The smallest absolute Gasteiger partial charge is 0.306 e. The molecule has 0 spiro atoms. The third-order valence-electron chi connectivity index (χ3n) is 4.79. The van der Waals surface area contributed by atoms with Gasteiger partial charge in [-0.25, -0.2) is 12.8 Å². The molecule has 0 saturated heterocycles. The number of carbonyl (C=O) groups is 2. The first-order chi connectivity index (χ1) is 15.3. The average molecular weight is 462 g/mol. The number of ether oxygens (including phenoxy) is 1. The predicted octanol–water partition coefficient (Wildman–Crippen LogP) is 2.91. The van der Waals surface area contributed by atoms with Crippen LogP contribution in [0.4, 0.5) is 10.1 Å². The van der Waals surface area contributed by atoms with E-state index in [1.54, 1.807) is 37.3 Å². The van der Waals surface area contributed by atoms with Gasteiger partial charge in [0.05, 0.1) is 4.90 Å². The van der Waals surface area contributed by atoms with Gasteiger partial charge < -0.3 is 10.1 Å². The molecule has 0 unspecified atom stereocenters. The zero-order chi connectivity index (χ0) is 23.1. The number of halogens is 1. The second kappa shape index (κ2) is 10.4. The van der Waals surface area contributed by atoms with Crippen molar-refractivity contribution in [3.63, 3.8) is 0 Å². The van der Waals surface area contributed by atoms with Crippen LogP contribution in [0.3, 0.4) is 0 Å². The molecule has 2 N–H and O–H groups in total. The number of fused-ring (bicyclic) bond motifs is 1. The Balaban J connectivity index is 1.32. The van der Waals surface area contributed by atoms with Crippen molar-refractivity contribution in [3.8, 4) is 0 Å². The first kappa shape index (κ1) is 23.4. The molecule has 0 aromatic heterocycles. The highest BCUT2D eigenvalue weighted by molar-refractivity contribution is 7.90. The van der Waals surface area contributed by atoms with Crippen molar-refractivity contribution < 1.29 is 27.1 Å². The first-order valence-corrected chi connectivity index (χ1v) is 11.6. The van der Waals surface area contributed by atoms with Crippen molar-refractivity contribution in [1.82, 2.24) is 4.72 Å². The van der Waals surface area contributed by atoms with E-state index in [9.17, 15) is 22.4 Å². The van der Waals surface area contributed by atoms with Crippen LogP contribution in [0.15, 0.2) is 52.4 Å². The number of anilines is 1. The van der Waals surface area contributed by atoms with Gasteiger partial charge in [-0.05, 0) is 49.6 Å². The number of nitrogens with zero attached hydrogens (tertiary/aromatic N) is 1. The summed E-state index contributed by atoms with van der Waals surface area (Å²) in [6.07, 6.45) is 2.06. The number of unbranched alkanes of at least 4 members (excludes halogenated alkanes) is 2. The maximum atomic E-state index is 13.5. The lowest BCUT2D eigenvalue weighted by atomic mass is 10.2. The normalized spacial score (nSPS) is 15.1. The molecule has 10 heteroatoms. The van der Waals surface area contributed by atoms with Crippen LogP contribution in [0.2, 0.25) is 0 Å². The summed E-state index contributed by atoms with van der Waals surface area (Å²) in [6.45, 7) is 1.59. The minimum absolute atomic E-state index is 0.151. The first-order valence-electron chi connectivity index (χ1n) is 10.1. The van der Waals surface area contributed by atoms with Gasteiger partial charge in [0.25, 0.3) is 15.9 Å². The number of rotatable bonds is 9. The lowest BCUT2D eigenvalue weighted by molar-refractivity contribution is -0.147. The van der Waals surface area contributed by atoms with Gasteiger partial charge in [0.2, 0.25) is 0 Å². The number of aryl methyl sites for hydroxylation is 1. The molecule has 0 fully saturated rings. The number of carbonyl (C=O) groups excluding carboxylic acids is 2. The van der Waals surface area contributed by atoms with E-state index >= 15 is 0 Å². The van der Waals surface area contributed by atoms with Crippen molar-refractivity contribution in [2.24, 2.45) is 4.99 Å². The number of hydrogen-bond acceptors (Lipinski definition) is 6. The Bertz CT molecular complexity index is 1150. The molecule has 0 bridgehead atoms. The SMILES string of the molecule is Cc1ccc(NC(=O)COC(=O)CCCCCN=C2NS(=O)(=O)c3ccccc32)cc1F. The van der Waals surface area contributed by atoms with Crippen molar-refractivity contribution in [2.45, 2.75) is 37.5 Å². The summed E-state index contributed by atoms with van der Waals surface area (Å²) >= 11 is 0. The maximum Gasteiger partial charge on any atom is 0.306 e. The van der Waals surface area contributed by atoms with Crippen LogP contribution in [0.5, 0.6) is 0 Å². The third kappa shape index (κ3) is 6.13. The molecular weight excluding hydrogens is 437 g/mol. The Morgan fingerprint density at radius 1 is 1.12 bits per heavy atom. The van der Waals surface area contributed by atoms with Crippen LogP contribution < -0.4 is 10.0 Å². The summed E-state index contributed by atoms with van der Waals surface area (Å²) in [5.41, 5.74) is 1.32. The number of amidine groups is 1. The zero-order valence-electron chi connectivity index (χ0n) is 17.6. The highest BCUT2D eigenvalue weighted by atomic mass is 32.2. The zero-order valence-corrected chi connectivity index (χ0v) is 18.4. The van der Waals surface area contributed by atoms with E-state index in [1.165, 1.54) is 12.1 Å². The minimum atomic E-state index is -3.54. The highest BCUT2D eigenvalue weighted by Gasteiger charge is 2.29. The fourth-order valence-corrected chi connectivity index (χ4v) is 4.34. The molecule has 32 heavy (non-hydrogen) atoms. The van der Waals surface area contributed by atoms with Crippen LogP contribution in [-0.2, 0) is 24.3 Å². The number of aliphatic imine (C=N–C) groups is 1. The van der Waals surface area contributed by atoms with Gasteiger partial charge in [0.15, 0.2) is 6.61 Å². The maximum absolute atomic E-state index is 13.5. The molecule has 170 valence electrons. The Hall–Kier alpha value is -3.27. The summed E-state index contributed by atoms with van der Waals surface area (Å²) in [5, 5.41) is 2.47. The minimum Gasteiger partial charge on any atom is -0.456 e. The fraction of sp³-hybridized carbons (Fsp3) is 0.318. The van der Waals surface area contributed by atoms with E-state index < -0.39 is 34.3 Å².